The molecule has 0 aliphatic carbocycles. The molecule has 0 bridgehead atoms. The smallest absolute Gasteiger partial charge is 0.335 e. The highest BCUT2D eigenvalue weighted by molar-refractivity contribution is 5.87. The van der Waals surface area contributed by atoms with Crippen molar-refractivity contribution < 1.29 is 14.7 Å². The van der Waals surface area contributed by atoms with Gasteiger partial charge in [-0.3, -0.25) is 4.79 Å². The lowest BCUT2D eigenvalue weighted by molar-refractivity contribution is -0.118. The molecule has 5 nitrogen and oxygen atoms in total. The van der Waals surface area contributed by atoms with E-state index in [4.69, 9.17) is 5.11 Å². The van der Waals surface area contributed by atoms with Crippen LogP contribution < -0.4 is 0 Å². The van der Waals surface area contributed by atoms with Crippen molar-refractivity contribution in [3.8, 4) is 0 Å². The Balaban J connectivity index is 2.78. The van der Waals surface area contributed by atoms with Crippen LogP contribution >= 0.6 is 0 Å². The van der Waals surface area contributed by atoms with Crippen LogP contribution in [0.1, 0.15) is 30.6 Å². The summed E-state index contributed by atoms with van der Waals surface area (Å²) in [7, 11) is 0. The van der Waals surface area contributed by atoms with Crippen LogP contribution in [0, 0.1) is 0 Å². The largest absolute Gasteiger partial charge is 0.478 e. The van der Waals surface area contributed by atoms with E-state index in [-0.39, 0.29) is 11.3 Å². The lowest BCUT2D eigenvalue weighted by Crippen LogP contribution is -2.12. The summed E-state index contributed by atoms with van der Waals surface area (Å²) >= 11 is 0. The van der Waals surface area contributed by atoms with E-state index in [0.29, 0.717) is 12.1 Å². The van der Waals surface area contributed by atoms with Gasteiger partial charge in [0.05, 0.1) is 11.3 Å². The molecule has 0 amide bonds. The number of hydrogen-bond acceptors (Lipinski definition) is 4. The quantitative estimate of drug-likeness (QED) is 0.795. The Morgan fingerprint density at radius 3 is 2.29 bits per heavy atom. The minimum atomic E-state index is -0.983. The molecular formula is C12H14N2O3. The summed E-state index contributed by atoms with van der Waals surface area (Å²) in [4.78, 5) is 21.7. The monoisotopic (exact) mass is 234 g/mol. The maximum atomic E-state index is 11.1. The lowest BCUT2D eigenvalue weighted by Gasteiger charge is -2.02. The predicted molar refractivity (Wildman–Crippen MR) is 62.7 cm³/mol. The van der Waals surface area contributed by atoms with Crippen LogP contribution in [0.5, 0.6) is 0 Å². The fraction of sp³-hybridized carbons (Fsp3) is 0.333. The third kappa shape index (κ3) is 3.79. The zero-order chi connectivity index (χ0) is 12.8. The third-order valence-corrected chi connectivity index (χ3v) is 2.28. The maximum absolute atomic E-state index is 11.1. The molecule has 1 unspecified atom stereocenters. The molecule has 0 saturated heterocycles. The minimum absolute atomic E-state index is 0.0293. The number of carbonyl (C=O) groups is 2. The number of hydrogen-bond donors (Lipinski definition) is 1. The number of ketones is 1. The van der Waals surface area contributed by atoms with E-state index >= 15 is 0 Å². The molecule has 90 valence electrons. The average molecular weight is 234 g/mol. The maximum Gasteiger partial charge on any atom is 0.335 e. The minimum Gasteiger partial charge on any atom is -0.478 e. The van der Waals surface area contributed by atoms with Crippen molar-refractivity contribution in [2.24, 2.45) is 10.2 Å². The van der Waals surface area contributed by atoms with Crippen molar-refractivity contribution >= 4 is 17.4 Å². The van der Waals surface area contributed by atoms with Crippen molar-refractivity contribution in [2.45, 2.75) is 26.3 Å². The number of carboxylic acids is 1. The van der Waals surface area contributed by atoms with Crippen LogP contribution in [0.2, 0.25) is 0 Å². The van der Waals surface area contributed by atoms with Crippen molar-refractivity contribution in [3.63, 3.8) is 0 Å². The Morgan fingerprint density at radius 1 is 1.29 bits per heavy atom. The summed E-state index contributed by atoms with van der Waals surface area (Å²) in [5.74, 6) is -1.01. The molecule has 0 heterocycles. The van der Waals surface area contributed by atoms with E-state index in [0.717, 1.165) is 0 Å². The van der Waals surface area contributed by atoms with E-state index in [1.807, 2.05) is 6.92 Å². The van der Waals surface area contributed by atoms with Gasteiger partial charge in [0, 0.05) is 0 Å². The van der Waals surface area contributed by atoms with Gasteiger partial charge >= 0.3 is 5.97 Å². The number of Topliss-reactive ketones (excluding diaryl/α,β-unsaturated/α-hetero) is 1. The molecule has 0 radical (unpaired) electrons. The molecule has 1 rings (SSSR count). The van der Waals surface area contributed by atoms with E-state index in [2.05, 4.69) is 10.2 Å². The number of rotatable bonds is 5. The zero-order valence-electron chi connectivity index (χ0n) is 9.75. The summed E-state index contributed by atoms with van der Waals surface area (Å²) < 4.78 is 0. The van der Waals surface area contributed by atoms with Crippen LogP contribution in [0.4, 0.5) is 5.69 Å². The second-order valence-electron chi connectivity index (χ2n) is 3.60. The van der Waals surface area contributed by atoms with Gasteiger partial charge in [0.1, 0.15) is 6.04 Å². The fourth-order valence-electron chi connectivity index (χ4n) is 1.26. The third-order valence-electron chi connectivity index (χ3n) is 2.28. The zero-order valence-corrected chi connectivity index (χ0v) is 9.75. The number of carbonyl (C=O) groups excluding carboxylic acids is 1. The first-order chi connectivity index (χ1) is 8.04. The highest BCUT2D eigenvalue weighted by atomic mass is 16.4. The van der Waals surface area contributed by atoms with Gasteiger partial charge in [-0.05, 0) is 37.6 Å². The van der Waals surface area contributed by atoms with Gasteiger partial charge in [-0.1, -0.05) is 6.92 Å². The number of carboxylic acid groups (broad SMARTS) is 1. The van der Waals surface area contributed by atoms with Crippen molar-refractivity contribution in [1.82, 2.24) is 0 Å². The molecule has 1 aromatic carbocycles. The second-order valence-corrected chi connectivity index (χ2v) is 3.60. The number of nitrogens with zero attached hydrogens (tertiary/aromatic N) is 2. The highest BCUT2D eigenvalue weighted by Crippen LogP contribution is 2.15. The molecule has 1 atom stereocenters. The summed E-state index contributed by atoms with van der Waals surface area (Å²) in [6, 6.07) is 5.59. The molecule has 17 heavy (non-hydrogen) atoms. The van der Waals surface area contributed by atoms with E-state index in [1.165, 1.54) is 19.1 Å². The molecule has 0 aromatic heterocycles. The van der Waals surface area contributed by atoms with Crippen molar-refractivity contribution in [1.29, 1.82) is 0 Å². The highest BCUT2D eigenvalue weighted by Gasteiger charge is 2.09. The Labute approximate surface area is 99.2 Å². The predicted octanol–water partition coefficient (Wildman–Crippen LogP) is 2.84. The first-order valence-corrected chi connectivity index (χ1v) is 5.29. The van der Waals surface area contributed by atoms with E-state index in [9.17, 15) is 9.59 Å². The Kier molecular flexibility index (Phi) is 4.51. The van der Waals surface area contributed by atoms with Crippen molar-refractivity contribution in [3.05, 3.63) is 29.8 Å². The van der Waals surface area contributed by atoms with Gasteiger partial charge < -0.3 is 5.11 Å². The van der Waals surface area contributed by atoms with E-state index in [1.54, 1.807) is 12.1 Å². The van der Waals surface area contributed by atoms with Gasteiger partial charge in [0.15, 0.2) is 5.78 Å². The standard InChI is InChI=1S/C12H14N2O3/c1-3-11(8(2)15)14-13-10-6-4-9(5-7-10)12(16)17/h4-7,11H,3H2,1-2H3,(H,16,17). The molecule has 1 N–H and O–H groups in total. The summed E-state index contributed by atoms with van der Waals surface area (Å²) in [6.45, 7) is 3.33. The molecule has 0 aliphatic rings. The van der Waals surface area contributed by atoms with Gasteiger partial charge in [-0.15, -0.1) is 0 Å². The first kappa shape index (κ1) is 13.0. The normalized spacial score (nSPS) is 12.6. The Bertz CT molecular complexity index is 438. The summed E-state index contributed by atoms with van der Waals surface area (Å²) in [5.41, 5.74) is 0.734. The molecule has 5 heteroatoms. The second kappa shape index (κ2) is 5.89. The van der Waals surface area contributed by atoms with Crippen LogP contribution in [-0.2, 0) is 4.79 Å². The molecule has 0 fully saturated rings. The van der Waals surface area contributed by atoms with Gasteiger partial charge in [0.25, 0.3) is 0 Å². The topological polar surface area (TPSA) is 79.1 Å². The van der Waals surface area contributed by atoms with Crippen LogP contribution in [0.15, 0.2) is 34.5 Å². The van der Waals surface area contributed by atoms with Crippen LogP contribution in [0.25, 0.3) is 0 Å². The van der Waals surface area contributed by atoms with Gasteiger partial charge in [-0.25, -0.2) is 4.79 Å². The lowest BCUT2D eigenvalue weighted by atomic mass is 10.2. The molecular weight excluding hydrogens is 220 g/mol. The summed E-state index contributed by atoms with van der Waals surface area (Å²) in [6.07, 6.45) is 0.603. The average Bonchev–Trinajstić information content (AvgIpc) is 2.30. The Morgan fingerprint density at radius 2 is 1.88 bits per heavy atom. The van der Waals surface area contributed by atoms with Gasteiger partial charge in [0.2, 0.25) is 0 Å². The molecule has 0 saturated carbocycles. The summed E-state index contributed by atoms with van der Waals surface area (Å²) in [5, 5.41) is 16.5. The van der Waals surface area contributed by atoms with Crippen LogP contribution in [-0.4, -0.2) is 22.9 Å². The first-order valence-electron chi connectivity index (χ1n) is 5.29. The van der Waals surface area contributed by atoms with Crippen molar-refractivity contribution in [2.75, 3.05) is 0 Å². The molecule has 0 aliphatic heterocycles. The van der Waals surface area contributed by atoms with Gasteiger partial charge in [-0.2, -0.15) is 10.2 Å². The number of aromatic carboxylic acids is 1. The Hall–Kier alpha value is -2.04. The SMILES string of the molecule is CCC(N=Nc1ccc(C(=O)O)cc1)C(C)=O. The number of azo groups is 1. The van der Waals surface area contributed by atoms with Crippen LogP contribution in [0.3, 0.4) is 0 Å². The molecule has 1 aromatic rings. The fourth-order valence-corrected chi connectivity index (χ4v) is 1.26. The number of benzene rings is 1. The van der Waals surface area contributed by atoms with E-state index < -0.39 is 12.0 Å². The molecule has 0 spiro atoms.